The van der Waals surface area contributed by atoms with Crippen LogP contribution in [0.3, 0.4) is 0 Å². The second-order valence-electron chi connectivity index (χ2n) is 4.15. The van der Waals surface area contributed by atoms with Crippen molar-refractivity contribution in [2.24, 2.45) is 0 Å². The van der Waals surface area contributed by atoms with Crippen molar-refractivity contribution in [3.8, 4) is 5.75 Å². The van der Waals surface area contributed by atoms with Crippen LogP contribution in [0.25, 0.3) is 0 Å². The summed E-state index contributed by atoms with van der Waals surface area (Å²) in [5.74, 6) is -2.40. The van der Waals surface area contributed by atoms with Crippen LogP contribution in [0.5, 0.6) is 5.75 Å². The number of para-hydroxylation sites is 1. The molecule has 0 heterocycles. The zero-order chi connectivity index (χ0) is 15.4. The Morgan fingerprint density at radius 3 is 2.52 bits per heavy atom. The second-order valence-corrected chi connectivity index (χ2v) is 4.15. The van der Waals surface area contributed by atoms with Crippen molar-refractivity contribution in [2.45, 2.75) is 0 Å². The van der Waals surface area contributed by atoms with Crippen LogP contribution in [-0.4, -0.2) is 24.1 Å². The van der Waals surface area contributed by atoms with Gasteiger partial charge in [0, 0.05) is 6.07 Å². The molecular formula is C15H12FNO4. The standard InChI is InChI=1S/C15H12FNO4/c1-21-15(20)10-4-2-3-5-12(10)17-14(19)11-7-6-9(16)8-13(11)18/h2-8,18H,1H3,(H,17,19). The molecule has 0 aromatic heterocycles. The molecule has 0 aliphatic heterocycles. The van der Waals surface area contributed by atoms with E-state index < -0.39 is 23.4 Å². The van der Waals surface area contributed by atoms with Crippen molar-refractivity contribution < 1.29 is 23.8 Å². The van der Waals surface area contributed by atoms with Gasteiger partial charge < -0.3 is 15.2 Å². The number of benzene rings is 2. The number of anilines is 1. The third-order valence-corrected chi connectivity index (χ3v) is 2.78. The molecule has 0 saturated heterocycles. The number of aromatic hydroxyl groups is 1. The predicted molar refractivity (Wildman–Crippen MR) is 73.8 cm³/mol. The van der Waals surface area contributed by atoms with Crippen molar-refractivity contribution >= 4 is 17.6 Å². The Labute approximate surface area is 120 Å². The van der Waals surface area contributed by atoms with Gasteiger partial charge in [-0.25, -0.2) is 9.18 Å². The number of phenolic OH excluding ortho intramolecular Hbond substituents is 1. The molecule has 0 unspecified atom stereocenters. The van der Waals surface area contributed by atoms with Gasteiger partial charge in [0.2, 0.25) is 0 Å². The second kappa shape index (κ2) is 6.04. The van der Waals surface area contributed by atoms with E-state index >= 15 is 0 Å². The van der Waals surface area contributed by atoms with Crippen molar-refractivity contribution in [3.05, 3.63) is 59.4 Å². The van der Waals surface area contributed by atoms with E-state index in [9.17, 15) is 19.1 Å². The van der Waals surface area contributed by atoms with Gasteiger partial charge in [0.25, 0.3) is 5.91 Å². The molecule has 2 aromatic rings. The van der Waals surface area contributed by atoms with Crippen molar-refractivity contribution in [3.63, 3.8) is 0 Å². The van der Waals surface area contributed by atoms with Crippen molar-refractivity contribution in [2.75, 3.05) is 12.4 Å². The quantitative estimate of drug-likeness (QED) is 0.851. The number of ether oxygens (including phenoxy) is 1. The Kier molecular flexibility index (Phi) is 4.18. The fourth-order valence-electron chi connectivity index (χ4n) is 1.77. The maximum Gasteiger partial charge on any atom is 0.339 e. The minimum Gasteiger partial charge on any atom is -0.507 e. The highest BCUT2D eigenvalue weighted by molar-refractivity contribution is 6.09. The third kappa shape index (κ3) is 3.17. The molecule has 0 saturated carbocycles. The maximum atomic E-state index is 12.9. The van der Waals surface area contributed by atoms with Gasteiger partial charge in [-0.3, -0.25) is 4.79 Å². The van der Waals surface area contributed by atoms with E-state index in [0.717, 1.165) is 18.2 Å². The van der Waals surface area contributed by atoms with Gasteiger partial charge in [-0.15, -0.1) is 0 Å². The molecule has 0 spiro atoms. The van der Waals surface area contributed by atoms with E-state index in [0.29, 0.717) is 0 Å². The summed E-state index contributed by atoms with van der Waals surface area (Å²) >= 11 is 0. The third-order valence-electron chi connectivity index (χ3n) is 2.78. The summed E-state index contributed by atoms with van der Waals surface area (Å²) in [5, 5.41) is 12.1. The van der Waals surface area contributed by atoms with Crippen LogP contribution in [0.4, 0.5) is 10.1 Å². The zero-order valence-corrected chi connectivity index (χ0v) is 11.1. The molecule has 0 aliphatic rings. The number of phenols is 1. The van der Waals surface area contributed by atoms with Gasteiger partial charge in [0.15, 0.2) is 0 Å². The fourth-order valence-corrected chi connectivity index (χ4v) is 1.77. The smallest absolute Gasteiger partial charge is 0.339 e. The predicted octanol–water partition coefficient (Wildman–Crippen LogP) is 2.57. The molecule has 5 nitrogen and oxygen atoms in total. The summed E-state index contributed by atoms with van der Waals surface area (Å²) in [4.78, 5) is 23.7. The van der Waals surface area contributed by atoms with Gasteiger partial charge in [-0.1, -0.05) is 12.1 Å². The number of methoxy groups -OCH3 is 1. The van der Waals surface area contributed by atoms with Gasteiger partial charge in [-0.05, 0) is 24.3 Å². The number of nitrogens with one attached hydrogen (secondary N) is 1. The number of amides is 1. The monoisotopic (exact) mass is 289 g/mol. The first-order valence-electron chi connectivity index (χ1n) is 6.00. The number of hydrogen-bond acceptors (Lipinski definition) is 4. The molecule has 21 heavy (non-hydrogen) atoms. The van der Waals surface area contributed by atoms with E-state index in [4.69, 9.17) is 0 Å². The molecule has 6 heteroatoms. The first-order valence-corrected chi connectivity index (χ1v) is 6.00. The number of esters is 1. The molecule has 0 radical (unpaired) electrons. The molecule has 1 amide bonds. The van der Waals surface area contributed by atoms with Crippen LogP contribution in [0.1, 0.15) is 20.7 Å². The number of carbonyl (C=O) groups is 2. The van der Waals surface area contributed by atoms with E-state index in [1.165, 1.54) is 19.2 Å². The topological polar surface area (TPSA) is 75.6 Å². The van der Waals surface area contributed by atoms with Gasteiger partial charge in [-0.2, -0.15) is 0 Å². The fraction of sp³-hybridized carbons (Fsp3) is 0.0667. The lowest BCUT2D eigenvalue weighted by Crippen LogP contribution is -2.15. The van der Waals surface area contributed by atoms with Crippen LogP contribution in [-0.2, 0) is 4.74 Å². The summed E-state index contributed by atoms with van der Waals surface area (Å²) in [6.45, 7) is 0. The normalized spacial score (nSPS) is 10.0. The average molecular weight is 289 g/mol. The average Bonchev–Trinajstić information content (AvgIpc) is 2.46. The lowest BCUT2D eigenvalue weighted by atomic mass is 10.1. The van der Waals surface area contributed by atoms with Gasteiger partial charge in [0.1, 0.15) is 11.6 Å². The number of hydrogen-bond donors (Lipinski definition) is 2. The number of carbonyl (C=O) groups excluding carboxylic acids is 2. The molecule has 2 aromatic carbocycles. The Balaban J connectivity index is 2.30. The van der Waals surface area contributed by atoms with Crippen LogP contribution >= 0.6 is 0 Å². The summed E-state index contributed by atoms with van der Waals surface area (Å²) in [5.41, 5.74) is 0.309. The van der Waals surface area contributed by atoms with Crippen LogP contribution in [0.15, 0.2) is 42.5 Å². The van der Waals surface area contributed by atoms with Gasteiger partial charge in [0.05, 0.1) is 23.9 Å². The summed E-state index contributed by atoms with van der Waals surface area (Å²) in [6.07, 6.45) is 0. The minimum absolute atomic E-state index is 0.101. The molecule has 2 N–H and O–H groups in total. The van der Waals surface area contributed by atoms with E-state index in [1.54, 1.807) is 12.1 Å². The van der Waals surface area contributed by atoms with Crippen molar-refractivity contribution in [1.29, 1.82) is 0 Å². The molecule has 108 valence electrons. The van der Waals surface area contributed by atoms with E-state index in [1.807, 2.05) is 0 Å². The van der Waals surface area contributed by atoms with Crippen molar-refractivity contribution in [1.82, 2.24) is 0 Å². The zero-order valence-electron chi connectivity index (χ0n) is 11.1. The summed E-state index contributed by atoms with van der Waals surface area (Å²) in [6, 6.07) is 9.31. The molecule has 0 bridgehead atoms. The molecular weight excluding hydrogens is 277 g/mol. The van der Waals surface area contributed by atoms with Crippen LogP contribution in [0.2, 0.25) is 0 Å². The highest BCUT2D eigenvalue weighted by atomic mass is 19.1. The summed E-state index contributed by atoms with van der Waals surface area (Å²) < 4.78 is 17.5. The van der Waals surface area contributed by atoms with Gasteiger partial charge >= 0.3 is 5.97 Å². The Hall–Kier alpha value is -2.89. The van der Waals surface area contributed by atoms with Crippen LogP contribution < -0.4 is 5.32 Å². The SMILES string of the molecule is COC(=O)c1ccccc1NC(=O)c1ccc(F)cc1O. The largest absolute Gasteiger partial charge is 0.507 e. The van der Waals surface area contributed by atoms with Crippen LogP contribution in [0, 0.1) is 5.82 Å². The Bertz CT molecular complexity index is 700. The molecule has 0 aliphatic carbocycles. The number of halogens is 1. The lowest BCUT2D eigenvalue weighted by molar-refractivity contribution is 0.0602. The van der Waals surface area contributed by atoms with E-state index in [2.05, 4.69) is 10.1 Å². The highest BCUT2D eigenvalue weighted by Gasteiger charge is 2.16. The lowest BCUT2D eigenvalue weighted by Gasteiger charge is -2.10. The minimum atomic E-state index is -0.663. The van der Waals surface area contributed by atoms with E-state index in [-0.39, 0.29) is 16.8 Å². The molecule has 0 fully saturated rings. The summed E-state index contributed by atoms with van der Waals surface area (Å²) in [7, 11) is 1.23. The highest BCUT2D eigenvalue weighted by Crippen LogP contribution is 2.21. The molecule has 0 atom stereocenters. The first kappa shape index (κ1) is 14.5. The number of rotatable bonds is 3. The maximum absolute atomic E-state index is 12.9. The molecule has 2 rings (SSSR count). The first-order chi connectivity index (χ1) is 10.0. The Morgan fingerprint density at radius 1 is 1.14 bits per heavy atom. The Morgan fingerprint density at radius 2 is 1.86 bits per heavy atom.